The van der Waals surface area contributed by atoms with Crippen molar-refractivity contribution in [2.75, 3.05) is 32.8 Å². The van der Waals surface area contributed by atoms with Crippen LogP contribution < -0.4 is 5.32 Å². The summed E-state index contributed by atoms with van der Waals surface area (Å²) in [4.78, 5) is 2.73. The molecule has 3 aliphatic rings. The van der Waals surface area contributed by atoms with Crippen LogP contribution in [-0.2, 0) is 4.74 Å². The molecule has 0 bridgehead atoms. The molecule has 1 N–H and O–H groups in total. The number of likely N-dealkylation sites (tertiary alicyclic amines) is 1. The predicted molar refractivity (Wildman–Crippen MR) is 69.1 cm³/mol. The molecular formula is C14H26N2O. The summed E-state index contributed by atoms with van der Waals surface area (Å²) in [6.45, 7) is 8.31. The molecule has 0 radical (unpaired) electrons. The maximum atomic E-state index is 5.90. The quantitative estimate of drug-likeness (QED) is 0.806. The maximum Gasteiger partial charge on any atom is 0.0702 e. The predicted octanol–water partition coefficient (Wildman–Crippen LogP) is 1.49. The molecule has 3 nitrogen and oxygen atoms in total. The van der Waals surface area contributed by atoms with Crippen molar-refractivity contribution in [3.63, 3.8) is 0 Å². The highest BCUT2D eigenvalue weighted by Gasteiger charge is 2.43. The molecule has 3 fully saturated rings. The van der Waals surface area contributed by atoms with E-state index in [-0.39, 0.29) is 0 Å². The first-order valence-electron chi connectivity index (χ1n) is 7.45. The van der Waals surface area contributed by atoms with Gasteiger partial charge in [-0.15, -0.1) is 0 Å². The molecule has 98 valence electrons. The Morgan fingerprint density at radius 2 is 2.24 bits per heavy atom. The molecule has 0 aromatic heterocycles. The summed E-state index contributed by atoms with van der Waals surface area (Å²) in [5.41, 5.74) is 0. The van der Waals surface area contributed by atoms with Crippen LogP contribution in [0.3, 0.4) is 0 Å². The molecule has 0 aromatic rings. The molecule has 3 aliphatic heterocycles. The van der Waals surface area contributed by atoms with Crippen molar-refractivity contribution in [2.24, 2.45) is 11.8 Å². The lowest BCUT2D eigenvalue weighted by Crippen LogP contribution is -2.41. The Kier molecular flexibility index (Phi) is 3.69. The molecule has 3 heterocycles. The topological polar surface area (TPSA) is 24.5 Å². The van der Waals surface area contributed by atoms with Crippen LogP contribution in [0.4, 0.5) is 0 Å². The van der Waals surface area contributed by atoms with Gasteiger partial charge in [0.1, 0.15) is 0 Å². The molecule has 0 aliphatic carbocycles. The highest BCUT2D eigenvalue weighted by atomic mass is 16.5. The van der Waals surface area contributed by atoms with E-state index in [4.69, 9.17) is 4.74 Å². The first kappa shape index (κ1) is 11.9. The van der Waals surface area contributed by atoms with Crippen LogP contribution in [0.15, 0.2) is 0 Å². The third-order valence-corrected chi connectivity index (χ3v) is 4.95. The van der Waals surface area contributed by atoms with Gasteiger partial charge in [-0.2, -0.15) is 0 Å². The lowest BCUT2D eigenvalue weighted by molar-refractivity contribution is -0.0101. The van der Waals surface area contributed by atoms with E-state index in [0.29, 0.717) is 6.10 Å². The van der Waals surface area contributed by atoms with Gasteiger partial charge in [-0.05, 0) is 50.6 Å². The van der Waals surface area contributed by atoms with Gasteiger partial charge in [-0.1, -0.05) is 6.92 Å². The lowest BCUT2D eigenvalue weighted by Gasteiger charge is -2.32. The van der Waals surface area contributed by atoms with Gasteiger partial charge >= 0.3 is 0 Å². The van der Waals surface area contributed by atoms with Gasteiger partial charge in [0.05, 0.1) is 6.10 Å². The molecule has 4 atom stereocenters. The average molecular weight is 238 g/mol. The number of rotatable bonds is 3. The Hall–Kier alpha value is -0.120. The van der Waals surface area contributed by atoms with Gasteiger partial charge in [0.25, 0.3) is 0 Å². The van der Waals surface area contributed by atoms with E-state index in [2.05, 4.69) is 17.1 Å². The van der Waals surface area contributed by atoms with E-state index >= 15 is 0 Å². The minimum atomic E-state index is 0.518. The lowest BCUT2D eigenvalue weighted by atomic mass is 9.93. The van der Waals surface area contributed by atoms with Gasteiger partial charge < -0.3 is 10.1 Å². The Morgan fingerprint density at radius 3 is 3.00 bits per heavy atom. The summed E-state index contributed by atoms with van der Waals surface area (Å²) in [6, 6.07) is 0.806. The Bertz CT molecular complexity index is 253. The second-order valence-electron chi connectivity index (χ2n) is 6.00. The van der Waals surface area contributed by atoms with Crippen molar-refractivity contribution < 1.29 is 4.74 Å². The van der Waals surface area contributed by atoms with Crippen LogP contribution in [-0.4, -0.2) is 49.8 Å². The fourth-order valence-corrected chi connectivity index (χ4v) is 4.09. The zero-order chi connectivity index (χ0) is 11.7. The van der Waals surface area contributed by atoms with Crippen LogP contribution in [0, 0.1) is 11.8 Å². The number of hydrogen-bond donors (Lipinski definition) is 1. The Morgan fingerprint density at radius 1 is 1.29 bits per heavy atom. The molecule has 4 unspecified atom stereocenters. The van der Waals surface area contributed by atoms with Gasteiger partial charge in [-0.25, -0.2) is 0 Å². The van der Waals surface area contributed by atoms with Gasteiger partial charge in [0.15, 0.2) is 0 Å². The SMILES string of the molecule is CCC1C2CNCC2CN1CC1CCCCO1. The number of nitrogens with one attached hydrogen (secondary N) is 1. The number of nitrogens with zero attached hydrogens (tertiary/aromatic N) is 1. The molecule has 3 heteroatoms. The summed E-state index contributed by atoms with van der Waals surface area (Å²) in [7, 11) is 0. The fourth-order valence-electron chi connectivity index (χ4n) is 4.09. The molecule has 3 saturated heterocycles. The van der Waals surface area contributed by atoms with Crippen LogP contribution in [0.1, 0.15) is 32.6 Å². The highest BCUT2D eigenvalue weighted by molar-refractivity contribution is 4.98. The van der Waals surface area contributed by atoms with Crippen molar-refractivity contribution in [1.82, 2.24) is 10.2 Å². The third-order valence-electron chi connectivity index (χ3n) is 4.95. The van der Waals surface area contributed by atoms with Gasteiger partial charge in [0, 0.05) is 25.7 Å². The summed E-state index contributed by atoms with van der Waals surface area (Å²) in [5, 5.41) is 3.55. The molecule has 3 rings (SSSR count). The van der Waals surface area contributed by atoms with Crippen LogP contribution in [0.5, 0.6) is 0 Å². The molecule has 17 heavy (non-hydrogen) atoms. The normalized spacial score (nSPS) is 42.9. The summed E-state index contributed by atoms with van der Waals surface area (Å²) >= 11 is 0. The van der Waals surface area contributed by atoms with Crippen LogP contribution >= 0.6 is 0 Å². The molecule has 0 spiro atoms. The van der Waals surface area contributed by atoms with Crippen molar-refractivity contribution in [2.45, 2.75) is 44.8 Å². The number of fused-ring (bicyclic) bond motifs is 1. The zero-order valence-electron chi connectivity index (χ0n) is 11.0. The van der Waals surface area contributed by atoms with Crippen LogP contribution in [0.25, 0.3) is 0 Å². The molecule has 0 amide bonds. The average Bonchev–Trinajstić information content (AvgIpc) is 2.90. The monoisotopic (exact) mass is 238 g/mol. The smallest absolute Gasteiger partial charge is 0.0702 e. The van der Waals surface area contributed by atoms with E-state index < -0.39 is 0 Å². The number of hydrogen-bond acceptors (Lipinski definition) is 3. The second-order valence-corrected chi connectivity index (χ2v) is 6.00. The Balaban J connectivity index is 1.58. The zero-order valence-corrected chi connectivity index (χ0v) is 11.0. The molecular weight excluding hydrogens is 212 g/mol. The second kappa shape index (κ2) is 5.25. The third kappa shape index (κ3) is 2.38. The summed E-state index contributed by atoms with van der Waals surface area (Å²) < 4.78 is 5.90. The molecule has 0 aromatic carbocycles. The standard InChI is InChI=1S/C14H26N2O/c1-2-14-13-8-15-7-11(13)9-16(14)10-12-5-3-4-6-17-12/h11-15H,2-10H2,1H3. The number of ether oxygens (including phenoxy) is 1. The fraction of sp³-hybridized carbons (Fsp3) is 1.00. The molecule has 0 saturated carbocycles. The first-order valence-corrected chi connectivity index (χ1v) is 7.45. The summed E-state index contributed by atoms with van der Waals surface area (Å²) in [5.74, 6) is 1.81. The van der Waals surface area contributed by atoms with Crippen molar-refractivity contribution >= 4 is 0 Å². The van der Waals surface area contributed by atoms with Gasteiger partial charge in [-0.3, -0.25) is 4.90 Å². The van der Waals surface area contributed by atoms with Crippen molar-refractivity contribution in [3.8, 4) is 0 Å². The van der Waals surface area contributed by atoms with E-state index in [1.54, 1.807) is 0 Å². The maximum absolute atomic E-state index is 5.90. The van der Waals surface area contributed by atoms with Crippen molar-refractivity contribution in [1.29, 1.82) is 0 Å². The van der Waals surface area contributed by atoms with Crippen molar-refractivity contribution in [3.05, 3.63) is 0 Å². The highest BCUT2D eigenvalue weighted by Crippen LogP contribution is 2.34. The largest absolute Gasteiger partial charge is 0.377 e. The summed E-state index contributed by atoms with van der Waals surface area (Å²) in [6.07, 6.45) is 5.73. The van der Waals surface area contributed by atoms with E-state index in [0.717, 1.165) is 24.5 Å². The van der Waals surface area contributed by atoms with Crippen LogP contribution in [0.2, 0.25) is 0 Å². The van der Waals surface area contributed by atoms with E-state index in [1.165, 1.54) is 51.9 Å². The van der Waals surface area contributed by atoms with Gasteiger partial charge in [0.2, 0.25) is 0 Å². The first-order chi connectivity index (χ1) is 8.38. The van der Waals surface area contributed by atoms with E-state index in [9.17, 15) is 0 Å². The van der Waals surface area contributed by atoms with E-state index in [1.807, 2.05) is 0 Å². The Labute approximate surface area is 105 Å². The minimum Gasteiger partial charge on any atom is -0.377 e. The minimum absolute atomic E-state index is 0.518.